The molecule has 0 bridgehead atoms. The fourth-order valence-corrected chi connectivity index (χ4v) is 4.80. The molecule has 2 amide bonds. The molecule has 0 aliphatic carbocycles. The zero-order valence-electron chi connectivity index (χ0n) is 15.0. The number of amides is 2. The summed E-state index contributed by atoms with van der Waals surface area (Å²) >= 11 is 0. The van der Waals surface area contributed by atoms with Crippen molar-refractivity contribution in [2.24, 2.45) is 11.3 Å². The smallest absolute Gasteiger partial charge is 0.317 e. The van der Waals surface area contributed by atoms with Crippen LogP contribution in [0.5, 0.6) is 0 Å². The van der Waals surface area contributed by atoms with E-state index < -0.39 is 10.0 Å². The van der Waals surface area contributed by atoms with Gasteiger partial charge in [0.2, 0.25) is 10.0 Å². The summed E-state index contributed by atoms with van der Waals surface area (Å²) in [4.78, 5) is 18.6. The van der Waals surface area contributed by atoms with Gasteiger partial charge in [0.25, 0.3) is 0 Å². The standard InChI is InChI=1S/C17H26N4O3S/c1-17(2)12-21(15(17)14-5-4-7-18-10-14)16(22)19-9-13-6-8-20(11-13)25(3,23)24/h4-5,7,10,13,15H,6,8-9,11-12H2,1-3H3,(H,19,22). The van der Waals surface area contributed by atoms with E-state index in [0.717, 1.165) is 12.0 Å². The Kier molecular flexibility index (Phi) is 4.76. The third-order valence-corrected chi connectivity index (χ3v) is 6.42. The molecule has 8 heteroatoms. The van der Waals surface area contributed by atoms with E-state index in [2.05, 4.69) is 24.1 Å². The van der Waals surface area contributed by atoms with E-state index in [1.54, 1.807) is 6.20 Å². The Morgan fingerprint density at radius 2 is 2.20 bits per heavy atom. The van der Waals surface area contributed by atoms with Crippen LogP contribution in [0.3, 0.4) is 0 Å². The summed E-state index contributed by atoms with van der Waals surface area (Å²) in [6.45, 7) is 6.51. The van der Waals surface area contributed by atoms with Gasteiger partial charge in [0.1, 0.15) is 0 Å². The van der Waals surface area contributed by atoms with Crippen LogP contribution in [0.15, 0.2) is 24.5 Å². The highest BCUT2D eigenvalue weighted by molar-refractivity contribution is 7.88. The lowest BCUT2D eigenvalue weighted by molar-refractivity contribution is -0.0168. The van der Waals surface area contributed by atoms with Gasteiger partial charge in [-0.05, 0) is 24.0 Å². The van der Waals surface area contributed by atoms with Crippen molar-refractivity contribution in [1.82, 2.24) is 19.5 Å². The zero-order valence-corrected chi connectivity index (χ0v) is 15.8. The third-order valence-electron chi connectivity index (χ3n) is 5.15. The maximum Gasteiger partial charge on any atom is 0.317 e. The maximum atomic E-state index is 12.6. The van der Waals surface area contributed by atoms with Crippen LogP contribution in [0.2, 0.25) is 0 Å². The first kappa shape index (κ1) is 18.1. The van der Waals surface area contributed by atoms with Crippen molar-refractivity contribution in [3.8, 4) is 0 Å². The molecule has 2 atom stereocenters. The van der Waals surface area contributed by atoms with Gasteiger partial charge in [-0.2, -0.15) is 0 Å². The summed E-state index contributed by atoms with van der Waals surface area (Å²) in [6.07, 6.45) is 5.56. The number of carbonyl (C=O) groups is 1. The van der Waals surface area contributed by atoms with Crippen molar-refractivity contribution in [3.63, 3.8) is 0 Å². The van der Waals surface area contributed by atoms with Crippen molar-refractivity contribution in [2.45, 2.75) is 26.3 Å². The lowest BCUT2D eigenvalue weighted by atomic mass is 9.72. The number of sulfonamides is 1. The Morgan fingerprint density at radius 3 is 2.76 bits per heavy atom. The van der Waals surface area contributed by atoms with Gasteiger partial charge in [0.15, 0.2) is 0 Å². The van der Waals surface area contributed by atoms with Gasteiger partial charge >= 0.3 is 6.03 Å². The summed E-state index contributed by atoms with van der Waals surface area (Å²) < 4.78 is 24.6. The number of nitrogens with one attached hydrogen (secondary N) is 1. The summed E-state index contributed by atoms with van der Waals surface area (Å²) in [5.41, 5.74) is 1.05. The topological polar surface area (TPSA) is 82.6 Å². The van der Waals surface area contributed by atoms with Crippen molar-refractivity contribution >= 4 is 16.1 Å². The lowest BCUT2D eigenvalue weighted by Gasteiger charge is -2.54. The molecule has 25 heavy (non-hydrogen) atoms. The molecule has 1 N–H and O–H groups in total. The molecule has 7 nitrogen and oxygen atoms in total. The molecule has 0 spiro atoms. The minimum Gasteiger partial charge on any atom is -0.338 e. The van der Waals surface area contributed by atoms with Crippen LogP contribution in [0.4, 0.5) is 4.79 Å². The second kappa shape index (κ2) is 6.57. The zero-order chi connectivity index (χ0) is 18.2. The minimum absolute atomic E-state index is 0.0114. The molecule has 3 rings (SSSR count). The van der Waals surface area contributed by atoms with Gasteiger partial charge in [-0.15, -0.1) is 0 Å². The third kappa shape index (κ3) is 3.79. The number of aromatic nitrogens is 1. The van der Waals surface area contributed by atoms with Crippen molar-refractivity contribution in [3.05, 3.63) is 30.1 Å². The number of carbonyl (C=O) groups excluding carboxylic acids is 1. The van der Waals surface area contributed by atoms with E-state index in [0.29, 0.717) is 26.2 Å². The van der Waals surface area contributed by atoms with Crippen LogP contribution >= 0.6 is 0 Å². The molecule has 2 unspecified atom stereocenters. The van der Waals surface area contributed by atoms with E-state index in [1.165, 1.54) is 10.6 Å². The Morgan fingerprint density at radius 1 is 1.44 bits per heavy atom. The molecule has 2 aliphatic rings. The van der Waals surface area contributed by atoms with E-state index >= 15 is 0 Å². The summed E-state index contributed by atoms with van der Waals surface area (Å²) in [5.74, 6) is 0.171. The molecule has 0 radical (unpaired) electrons. The number of likely N-dealkylation sites (tertiary alicyclic amines) is 1. The fourth-order valence-electron chi connectivity index (χ4n) is 3.88. The highest BCUT2D eigenvalue weighted by Gasteiger charge is 2.49. The summed E-state index contributed by atoms with van der Waals surface area (Å²) in [6, 6.07) is 3.81. The van der Waals surface area contributed by atoms with Crippen molar-refractivity contribution < 1.29 is 13.2 Å². The van der Waals surface area contributed by atoms with E-state index in [4.69, 9.17) is 0 Å². The predicted octanol–water partition coefficient (Wildman–Crippen LogP) is 1.46. The molecular formula is C17H26N4O3S. The predicted molar refractivity (Wildman–Crippen MR) is 95.4 cm³/mol. The van der Waals surface area contributed by atoms with E-state index in [9.17, 15) is 13.2 Å². The highest BCUT2D eigenvalue weighted by Crippen LogP contribution is 2.47. The summed E-state index contributed by atoms with van der Waals surface area (Å²) in [5, 5.41) is 2.98. The van der Waals surface area contributed by atoms with Crippen LogP contribution in [0.25, 0.3) is 0 Å². The average Bonchev–Trinajstić information content (AvgIpc) is 3.01. The van der Waals surface area contributed by atoms with Gasteiger partial charge in [-0.3, -0.25) is 4.98 Å². The van der Waals surface area contributed by atoms with Gasteiger partial charge in [0, 0.05) is 44.0 Å². The van der Waals surface area contributed by atoms with Crippen LogP contribution < -0.4 is 5.32 Å². The van der Waals surface area contributed by atoms with Gasteiger partial charge in [0.05, 0.1) is 12.3 Å². The molecule has 1 aromatic rings. The first-order valence-electron chi connectivity index (χ1n) is 8.58. The first-order chi connectivity index (χ1) is 11.7. The molecule has 2 aliphatic heterocycles. The molecule has 138 valence electrons. The van der Waals surface area contributed by atoms with E-state index in [1.807, 2.05) is 23.2 Å². The average molecular weight is 366 g/mol. The van der Waals surface area contributed by atoms with Gasteiger partial charge in [-0.25, -0.2) is 17.5 Å². The Balaban J connectivity index is 1.57. The van der Waals surface area contributed by atoms with Crippen LogP contribution in [0, 0.1) is 11.3 Å². The quantitative estimate of drug-likeness (QED) is 0.874. The molecule has 2 saturated heterocycles. The van der Waals surface area contributed by atoms with Gasteiger partial charge in [-0.1, -0.05) is 19.9 Å². The number of rotatable bonds is 4. The molecule has 0 saturated carbocycles. The molecule has 0 aromatic carbocycles. The summed E-state index contributed by atoms with van der Waals surface area (Å²) in [7, 11) is -3.14. The lowest BCUT2D eigenvalue weighted by Crippen LogP contribution is -2.60. The first-order valence-corrected chi connectivity index (χ1v) is 10.4. The Labute approximate surface area is 149 Å². The van der Waals surface area contributed by atoms with Crippen LogP contribution in [0.1, 0.15) is 31.9 Å². The van der Waals surface area contributed by atoms with E-state index in [-0.39, 0.29) is 23.4 Å². The second-order valence-corrected chi connectivity index (χ2v) is 9.75. The monoisotopic (exact) mass is 366 g/mol. The Hall–Kier alpha value is -1.67. The van der Waals surface area contributed by atoms with Crippen LogP contribution in [-0.2, 0) is 10.0 Å². The van der Waals surface area contributed by atoms with Crippen molar-refractivity contribution in [2.75, 3.05) is 32.4 Å². The number of urea groups is 1. The number of hydrogen-bond acceptors (Lipinski definition) is 4. The van der Waals surface area contributed by atoms with Crippen molar-refractivity contribution in [1.29, 1.82) is 0 Å². The molecule has 1 aromatic heterocycles. The second-order valence-electron chi connectivity index (χ2n) is 7.77. The van der Waals surface area contributed by atoms with Gasteiger partial charge < -0.3 is 10.2 Å². The number of pyridine rings is 1. The normalized spacial score (nSPS) is 26.3. The largest absolute Gasteiger partial charge is 0.338 e. The van der Waals surface area contributed by atoms with Crippen LogP contribution in [-0.4, -0.2) is 61.1 Å². The Bertz CT molecular complexity index is 736. The fraction of sp³-hybridized carbons (Fsp3) is 0.647. The SMILES string of the molecule is CC1(C)CN(C(=O)NCC2CCN(S(C)(=O)=O)C2)C1c1cccnc1. The molecule has 2 fully saturated rings. The highest BCUT2D eigenvalue weighted by atomic mass is 32.2. The number of hydrogen-bond donors (Lipinski definition) is 1. The maximum absolute atomic E-state index is 12.6. The molecular weight excluding hydrogens is 340 g/mol. The minimum atomic E-state index is -3.14. The molecule has 3 heterocycles. The number of nitrogens with zero attached hydrogens (tertiary/aromatic N) is 3.